The number of ether oxygens (including phenoxy) is 2. The van der Waals surface area contributed by atoms with Gasteiger partial charge >= 0.3 is 0 Å². The summed E-state index contributed by atoms with van der Waals surface area (Å²) in [5, 5.41) is 0. The van der Waals surface area contributed by atoms with Crippen molar-refractivity contribution in [1.82, 2.24) is 13.9 Å². The molecule has 1 aliphatic rings. The second-order valence-corrected chi connectivity index (χ2v) is 9.29. The van der Waals surface area contributed by atoms with Gasteiger partial charge in [-0.3, -0.25) is 4.57 Å². The number of hydrogen-bond donors (Lipinski definition) is 0. The molecule has 0 saturated heterocycles. The summed E-state index contributed by atoms with van der Waals surface area (Å²) in [5.74, 6) is 0.148. The first kappa shape index (κ1) is 20.4. The summed E-state index contributed by atoms with van der Waals surface area (Å²) >= 11 is 0. The van der Waals surface area contributed by atoms with Gasteiger partial charge in [-0.15, -0.1) is 0 Å². The number of benzene rings is 2. The minimum absolute atomic E-state index is 0.00245. The molecular weight excluding hydrogens is 409 g/mol. The smallest absolute Gasteiger partial charge is 0.297 e. The number of sulfonamides is 1. The molecule has 0 radical (unpaired) electrons. The molecule has 3 aromatic rings. The Morgan fingerprint density at radius 3 is 2.67 bits per heavy atom. The van der Waals surface area contributed by atoms with Crippen LogP contribution in [0.5, 0.6) is 11.8 Å². The molecule has 0 saturated carbocycles. The van der Waals surface area contributed by atoms with Crippen LogP contribution in [0.15, 0.2) is 53.6 Å². The normalized spacial score (nSPS) is 15.8. The third kappa shape index (κ3) is 3.78. The molecule has 4 rings (SSSR count). The molecule has 9 heteroatoms. The number of aromatic nitrogens is 2. The van der Waals surface area contributed by atoms with Gasteiger partial charge in [0.2, 0.25) is 10.0 Å². The maximum absolute atomic E-state index is 14.5. The second kappa shape index (κ2) is 7.73. The van der Waals surface area contributed by atoms with Crippen molar-refractivity contribution in [2.75, 3.05) is 14.2 Å². The average molecular weight is 431 g/mol. The van der Waals surface area contributed by atoms with Crippen molar-refractivity contribution in [3.63, 3.8) is 0 Å². The van der Waals surface area contributed by atoms with Gasteiger partial charge in [-0.2, -0.15) is 9.29 Å². The van der Waals surface area contributed by atoms with Gasteiger partial charge in [-0.25, -0.2) is 12.8 Å². The topological polar surface area (TPSA) is 73.7 Å². The highest BCUT2D eigenvalue weighted by Crippen LogP contribution is 2.31. The highest BCUT2D eigenvalue weighted by molar-refractivity contribution is 7.89. The fourth-order valence-electron chi connectivity index (χ4n) is 3.36. The molecule has 0 N–H and O–H groups in total. The maximum Gasteiger partial charge on any atom is 0.297 e. The second-order valence-electron chi connectivity index (χ2n) is 7.24. The number of halogens is 1. The molecule has 0 unspecified atom stereocenters. The molecule has 1 aliphatic heterocycles. The molecule has 0 amide bonds. The number of imidazole rings is 1. The van der Waals surface area contributed by atoms with Gasteiger partial charge in [0, 0.05) is 25.4 Å². The van der Waals surface area contributed by atoms with Crippen LogP contribution < -0.4 is 9.47 Å². The van der Waals surface area contributed by atoms with Gasteiger partial charge in [0.1, 0.15) is 17.7 Å². The molecule has 30 heavy (non-hydrogen) atoms. The number of methoxy groups -OCH3 is 1. The molecule has 1 aromatic heterocycles. The van der Waals surface area contributed by atoms with Crippen molar-refractivity contribution in [3.05, 3.63) is 60.0 Å². The van der Waals surface area contributed by atoms with E-state index in [4.69, 9.17) is 9.47 Å². The minimum atomic E-state index is -3.83. The number of rotatable bonds is 6. The van der Waals surface area contributed by atoms with E-state index in [9.17, 15) is 12.8 Å². The summed E-state index contributed by atoms with van der Waals surface area (Å²) < 4.78 is 54.3. The quantitative estimate of drug-likeness (QED) is 0.599. The Bertz CT molecular complexity index is 1150. The molecule has 0 bridgehead atoms. The van der Waals surface area contributed by atoms with Crippen LogP contribution in [-0.4, -0.2) is 42.5 Å². The fourth-order valence-corrected chi connectivity index (χ4v) is 4.55. The third-order valence-electron chi connectivity index (χ3n) is 4.99. The zero-order chi connectivity index (χ0) is 21.5. The molecule has 1 atom stereocenters. The van der Waals surface area contributed by atoms with E-state index in [1.165, 1.54) is 23.5 Å². The molecule has 0 spiro atoms. The highest BCUT2D eigenvalue weighted by atomic mass is 32.2. The molecular formula is C21H22FN3O4S. The number of hydrogen-bond acceptors (Lipinski definition) is 5. The van der Waals surface area contributed by atoms with Crippen LogP contribution in [0.25, 0.3) is 11.3 Å². The Hall–Kier alpha value is -2.91. The van der Waals surface area contributed by atoms with Crippen molar-refractivity contribution in [1.29, 1.82) is 0 Å². The van der Waals surface area contributed by atoms with Crippen LogP contribution in [0.2, 0.25) is 0 Å². The van der Waals surface area contributed by atoms with E-state index in [0.717, 1.165) is 11.6 Å². The van der Waals surface area contributed by atoms with Crippen molar-refractivity contribution < 1.29 is 22.3 Å². The number of nitrogens with zero attached hydrogens (tertiary/aromatic N) is 3. The van der Waals surface area contributed by atoms with Gasteiger partial charge in [0.15, 0.2) is 0 Å². The van der Waals surface area contributed by atoms with Gasteiger partial charge in [0.05, 0.1) is 24.2 Å². The zero-order valence-corrected chi connectivity index (χ0v) is 17.7. The first-order valence-electron chi connectivity index (χ1n) is 9.41. The van der Waals surface area contributed by atoms with E-state index < -0.39 is 15.8 Å². The summed E-state index contributed by atoms with van der Waals surface area (Å²) in [6, 6.07) is 11.3. The lowest BCUT2D eigenvalue weighted by molar-refractivity contribution is 0.246. The van der Waals surface area contributed by atoms with Crippen molar-refractivity contribution in [2.24, 2.45) is 0 Å². The Labute approximate surface area is 174 Å². The van der Waals surface area contributed by atoms with Crippen molar-refractivity contribution in [3.8, 4) is 23.0 Å². The van der Waals surface area contributed by atoms with Crippen LogP contribution in [0.4, 0.5) is 4.39 Å². The minimum Gasteiger partial charge on any atom is -0.497 e. The summed E-state index contributed by atoms with van der Waals surface area (Å²) in [6.45, 7) is 2.71. The Kier molecular flexibility index (Phi) is 5.25. The van der Waals surface area contributed by atoms with Crippen LogP contribution >= 0.6 is 0 Å². The van der Waals surface area contributed by atoms with Crippen LogP contribution in [-0.2, 0) is 23.1 Å². The number of fused-ring (bicyclic) bond motifs is 1. The summed E-state index contributed by atoms with van der Waals surface area (Å²) in [7, 11) is -0.777. The van der Waals surface area contributed by atoms with E-state index >= 15 is 0 Å². The third-order valence-corrected chi connectivity index (χ3v) is 6.79. The standard InChI is InChI=1S/C21H22FN3O4S/c1-14-11-25-13-20(23-21(25)29-14)18-10-17(8-9-19(18)22)30(26,27)24(2)12-15-4-6-16(28-3)7-5-15/h4-10,13-14H,11-12H2,1-3H3/t14-/m1/s1. The first-order chi connectivity index (χ1) is 14.3. The predicted octanol–water partition coefficient (Wildman–Crippen LogP) is 3.30. The van der Waals surface area contributed by atoms with Crippen LogP contribution in [0, 0.1) is 5.82 Å². The van der Waals surface area contributed by atoms with E-state index in [-0.39, 0.29) is 23.1 Å². The van der Waals surface area contributed by atoms with Gasteiger partial charge in [0.25, 0.3) is 6.01 Å². The summed E-state index contributed by atoms with van der Waals surface area (Å²) in [6.07, 6.45) is 1.68. The maximum atomic E-state index is 14.5. The van der Waals surface area contributed by atoms with E-state index in [1.807, 2.05) is 6.92 Å². The van der Waals surface area contributed by atoms with Crippen molar-refractivity contribution >= 4 is 10.0 Å². The van der Waals surface area contributed by atoms with E-state index in [0.29, 0.717) is 24.0 Å². The lowest BCUT2D eigenvalue weighted by atomic mass is 10.1. The predicted molar refractivity (Wildman–Crippen MR) is 109 cm³/mol. The Balaban J connectivity index is 1.61. The largest absolute Gasteiger partial charge is 0.497 e. The van der Waals surface area contributed by atoms with Crippen molar-refractivity contribution in [2.45, 2.75) is 31.0 Å². The molecule has 2 heterocycles. The molecule has 158 valence electrons. The van der Waals surface area contributed by atoms with Crippen LogP contribution in [0.3, 0.4) is 0 Å². The van der Waals surface area contributed by atoms with Crippen LogP contribution in [0.1, 0.15) is 12.5 Å². The lowest BCUT2D eigenvalue weighted by Gasteiger charge is -2.18. The summed E-state index contributed by atoms with van der Waals surface area (Å²) in [5.41, 5.74) is 1.26. The molecule has 7 nitrogen and oxygen atoms in total. The highest BCUT2D eigenvalue weighted by Gasteiger charge is 2.26. The Morgan fingerprint density at radius 1 is 1.27 bits per heavy atom. The SMILES string of the molecule is COc1ccc(CN(C)S(=O)(=O)c2ccc(F)c(-c3cn4c(n3)O[C@H](C)C4)c2)cc1. The summed E-state index contributed by atoms with van der Waals surface area (Å²) in [4.78, 5) is 4.30. The average Bonchev–Trinajstić information content (AvgIpc) is 3.26. The van der Waals surface area contributed by atoms with Gasteiger partial charge < -0.3 is 9.47 Å². The molecule has 0 fully saturated rings. The van der Waals surface area contributed by atoms with E-state index in [2.05, 4.69) is 4.98 Å². The first-order valence-corrected chi connectivity index (χ1v) is 10.8. The monoisotopic (exact) mass is 431 g/mol. The van der Waals surface area contributed by atoms with Gasteiger partial charge in [-0.1, -0.05) is 12.1 Å². The van der Waals surface area contributed by atoms with E-state index in [1.54, 1.807) is 42.1 Å². The molecule has 2 aromatic carbocycles. The lowest BCUT2D eigenvalue weighted by Crippen LogP contribution is -2.26. The molecule has 0 aliphatic carbocycles. The van der Waals surface area contributed by atoms with Gasteiger partial charge in [-0.05, 0) is 42.8 Å². The fraction of sp³-hybridized carbons (Fsp3) is 0.286. The zero-order valence-electron chi connectivity index (χ0n) is 16.9. The Morgan fingerprint density at radius 2 is 2.00 bits per heavy atom.